The van der Waals surface area contributed by atoms with Crippen LogP contribution in [0.25, 0.3) is 0 Å². The Morgan fingerprint density at radius 2 is 2.11 bits per heavy atom. The van der Waals surface area contributed by atoms with Gasteiger partial charge in [0.2, 0.25) is 0 Å². The average molecular weight is 276 g/mol. The van der Waals surface area contributed by atoms with Crippen LogP contribution < -0.4 is 0 Å². The third-order valence-electron chi connectivity index (χ3n) is 3.48. The van der Waals surface area contributed by atoms with Crippen LogP contribution >= 0.6 is 11.3 Å². The molecule has 1 aliphatic carbocycles. The largest absolute Gasteiger partial charge is 0.250 e. The Morgan fingerprint density at radius 1 is 1.32 bits per heavy atom. The molecule has 0 saturated heterocycles. The number of hydrogen-bond donors (Lipinski definition) is 0. The van der Waals surface area contributed by atoms with Crippen molar-refractivity contribution in [1.82, 2.24) is 19.7 Å². The maximum absolute atomic E-state index is 4.60. The van der Waals surface area contributed by atoms with Crippen LogP contribution in [0.1, 0.15) is 67.2 Å². The minimum atomic E-state index is 0.348. The summed E-state index contributed by atoms with van der Waals surface area (Å²) in [5, 5.41) is 5.82. The SMILES string of the molecule is CC(C)c1ncc(C[C@H](C)n2cnc(C3CC3)n2)s1. The topological polar surface area (TPSA) is 43.6 Å². The van der Waals surface area contributed by atoms with E-state index in [1.165, 1.54) is 22.7 Å². The Hall–Kier alpha value is -1.23. The van der Waals surface area contributed by atoms with Gasteiger partial charge in [0.05, 0.1) is 11.0 Å². The summed E-state index contributed by atoms with van der Waals surface area (Å²) in [6, 6.07) is 0.348. The Labute approximate surface area is 117 Å². The van der Waals surface area contributed by atoms with Crippen LogP contribution in [-0.4, -0.2) is 19.7 Å². The lowest BCUT2D eigenvalue weighted by Gasteiger charge is -2.09. The molecule has 2 aromatic heterocycles. The maximum atomic E-state index is 4.60. The monoisotopic (exact) mass is 276 g/mol. The quantitative estimate of drug-likeness (QED) is 0.839. The van der Waals surface area contributed by atoms with Crippen molar-refractivity contribution in [3.8, 4) is 0 Å². The van der Waals surface area contributed by atoms with Gasteiger partial charge in [-0.3, -0.25) is 0 Å². The fourth-order valence-corrected chi connectivity index (χ4v) is 3.14. The van der Waals surface area contributed by atoms with Gasteiger partial charge in [-0.25, -0.2) is 14.6 Å². The normalized spacial score (nSPS) is 17.1. The highest BCUT2D eigenvalue weighted by Gasteiger charge is 2.27. The standard InChI is InChI=1S/C14H20N4S/c1-9(2)14-15-7-12(19-14)6-10(3)18-8-16-13(17-18)11-4-5-11/h7-11H,4-6H2,1-3H3/t10-/m0/s1. The van der Waals surface area contributed by atoms with E-state index < -0.39 is 0 Å². The van der Waals surface area contributed by atoms with E-state index in [2.05, 4.69) is 35.8 Å². The minimum absolute atomic E-state index is 0.348. The first-order chi connectivity index (χ1) is 9.13. The first-order valence-electron chi connectivity index (χ1n) is 6.99. The van der Waals surface area contributed by atoms with Crippen LogP contribution in [0.2, 0.25) is 0 Å². The van der Waals surface area contributed by atoms with Crippen LogP contribution in [0, 0.1) is 0 Å². The van der Waals surface area contributed by atoms with Crippen molar-refractivity contribution in [3.63, 3.8) is 0 Å². The zero-order valence-corrected chi connectivity index (χ0v) is 12.5. The molecule has 0 aliphatic heterocycles. The molecule has 2 aromatic rings. The molecule has 0 bridgehead atoms. The van der Waals surface area contributed by atoms with Crippen molar-refractivity contribution in [3.05, 3.63) is 28.2 Å². The lowest BCUT2D eigenvalue weighted by molar-refractivity contribution is 0.486. The average Bonchev–Trinajstić information content (AvgIpc) is 2.92. The zero-order valence-electron chi connectivity index (χ0n) is 11.7. The molecule has 5 heteroatoms. The molecule has 0 aromatic carbocycles. The van der Waals surface area contributed by atoms with Crippen molar-refractivity contribution in [2.24, 2.45) is 0 Å². The highest BCUT2D eigenvalue weighted by molar-refractivity contribution is 7.11. The van der Waals surface area contributed by atoms with Crippen LogP contribution in [-0.2, 0) is 6.42 Å². The maximum Gasteiger partial charge on any atom is 0.153 e. The smallest absolute Gasteiger partial charge is 0.153 e. The highest BCUT2D eigenvalue weighted by Crippen LogP contribution is 2.38. The van der Waals surface area contributed by atoms with Crippen molar-refractivity contribution in [1.29, 1.82) is 0 Å². The minimum Gasteiger partial charge on any atom is -0.250 e. The number of thiazole rings is 1. The van der Waals surface area contributed by atoms with E-state index in [4.69, 9.17) is 0 Å². The Bertz CT molecular complexity index is 553. The molecular weight excluding hydrogens is 256 g/mol. The second kappa shape index (κ2) is 5.04. The third kappa shape index (κ3) is 2.86. The molecule has 0 spiro atoms. The van der Waals surface area contributed by atoms with Crippen molar-refractivity contribution in [2.75, 3.05) is 0 Å². The lowest BCUT2D eigenvalue weighted by atomic mass is 10.2. The lowest BCUT2D eigenvalue weighted by Crippen LogP contribution is -2.08. The summed E-state index contributed by atoms with van der Waals surface area (Å²) in [4.78, 5) is 10.2. The molecule has 0 unspecified atom stereocenters. The van der Waals surface area contributed by atoms with Gasteiger partial charge in [0.15, 0.2) is 5.82 Å². The van der Waals surface area contributed by atoms with Crippen molar-refractivity contribution in [2.45, 2.75) is 57.9 Å². The molecule has 0 amide bonds. The van der Waals surface area contributed by atoms with Gasteiger partial charge in [0.1, 0.15) is 6.33 Å². The molecule has 0 N–H and O–H groups in total. The molecule has 1 fully saturated rings. The summed E-state index contributed by atoms with van der Waals surface area (Å²) >= 11 is 1.82. The fourth-order valence-electron chi connectivity index (χ4n) is 2.10. The zero-order chi connectivity index (χ0) is 13.4. The first kappa shape index (κ1) is 12.8. The number of nitrogens with zero attached hydrogens (tertiary/aromatic N) is 4. The molecule has 102 valence electrons. The summed E-state index contributed by atoms with van der Waals surface area (Å²) < 4.78 is 2.00. The predicted molar refractivity (Wildman–Crippen MR) is 76.6 cm³/mol. The van der Waals surface area contributed by atoms with E-state index >= 15 is 0 Å². The van der Waals surface area contributed by atoms with Crippen molar-refractivity contribution < 1.29 is 0 Å². The van der Waals surface area contributed by atoms with Gasteiger partial charge in [-0.2, -0.15) is 5.10 Å². The van der Waals surface area contributed by atoms with Gasteiger partial charge >= 0.3 is 0 Å². The number of hydrogen-bond acceptors (Lipinski definition) is 4. The van der Waals surface area contributed by atoms with E-state index in [1.54, 1.807) is 0 Å². The molecule has 19 heavy (non-hydrogen) atoms. The Kier molecular flexibility index (Phi) is 3.39. The molecular formula is C14H20N4S. The summed E-state index contributed by atoms with van der Waals surface area (Å²) in [5.74, 6) is 2.17. The van der Waals surface area contributed by atoms with Crippen LogP contribution in [0.3, 0.4) is 0 Å². The summed E-state index contributed by atoms with van der Waals surface area (Å²) in [7, 11) is 0. The van der Waals surface area contributed by atoms with Crippen molar-refractivity contribution >= 4 is 11.3 Å². The van der Waals surface area contributed by atoms with Gasteiger partial charge in [-0.05, 0) is 19.8 Å². The molecule has 1 atom stereocenters. The molecule has 4 nitrogen and oxygen atoms in total. The van der Waals surface area contributed by atoms with Crippen LogP contribution in [0.15, 0.2) is 12.5 Å². The Balaban J connectivity index is 1.66. The second-order valence-corrected chi connectivity index (χ2v) is 6.88. The van der Waals surface area contributed by atoms with E-state index in [9.17, 15) is 0 Å². The van der Waals surface area contributed by atoms with E-state index in [0.29, 0.717) is 17.9 Å². The highest BCUT2D eigenvalue weighted by atomic mass is 32.1. The van der Waals surface area contributed by atoms with Gasteiger partial charge in [0, 0.05) is 29.3 Å². The van der Waals surface area contributed by atoms with E-state index in [1.807, 2.05) is 28.5 Å². The summed E-state index contributed by atoms with van der Waals surface area (Å²) in [6.07, 6.45) is 7.38. The summed E-state index contributed by atoms with van der Waals surface area (Å²) in [6.45, 7) is 6.57. The molecule has 3 rings (SSSR count). The fraction of sp³-hybridized carbons (Fsp3) is 0.643. The van der Waals surface area contributed by atoms with E-state index in [-0.39, 0.29) is 0 Å². The number of aromatic nitrogens is 4. The first-order valence-corrected chi connectivity index (χ1v) is 7.80. The van der Waals surface area contributed by atoms with Gasteiger partial charge in [-0.15, -0.1) is 11.3 Å². The van der Waals surface area contributed by atoms with Gasteiger partial charge in [-0.1, -0.05) is 13.8 Å². The van der Waals surface area contributed by atoms with Gasteiger partial charge in [0.25, 0.3) is 0 Å². The summed E-state index contributed by atoms with van der Waals surface area (Å²) in [5.41, 5.74) is 0. The van der Waals surface area contributed by atoms with Crippen LogP contribution in [0.5, 0.6) is 0 Å². The molecule has 1 aliphatic rings. The second-order valence-electron chi connectivity index (χ2n) is 5.73. The molecule has 2 heterocycles. The predicted octanol–water partition coefficient (Wildman–Crippen LogP) is 3.54. The van der Waals surface area contributed by atoms with E-state index in [0.717, 1.165) is 12.2 Å². The molecule has 1 saturated carbocycles. The Morgan fingerprint density at radius 3 is 2.74 bits per heavy atom. The van der Waals surface area contributed by atoms with Gasteiger partial charge < -0.3 is 0 Å². The van der Waals surface area contributed by atoms with Crippen LogP contribution in [0.4, 0.5) is 0 Å². The number of rotatable bonds is 5. The third-order valence-corrected chi connectivity index (χ3v) is 4.80. The molecule has 0 radical (unpaired) electrons.